The topological polar surface area (TPSA) is 62.3 Å². The molecular formula is C21H31N3O4. The SMILES string of the molecule is COc1ccc(C(=O)N2CCN(C(=O)CC[C@@H](C)N3CCOCC3)CC2)cc1. The van der Waals surface area contributed by atoms with Crippen LogP contribution in [0.1, 0.15) is 30.1 Å². The van der Waals surface area contributed by atoms with Gasteiger partial charge in [0.25, 0.3) is 5.91 Å². The Bertz CT molecular complexity index is 650. The number of ether oxygens (including phenoxy) is 2. The lowest BCUT2D eigenvalue weighted by Crippen LogP contribution is -2.50. The zero-order valence-corrected chi connectivity index (χ0v) is 16.9. The van der Waals surface area contributed by atoms with Gasteiger partial charge in [0.1, 0.15) is 5.75 Å². The Morgan fingerprint density at radius 3 is 2.21 bits per heavy atom. The Labute approximate surface area is 167 Å². The molecule has 0 aliphatic carbocycles. The fraction of sp³-hybridized carbons (Fsp3) is 0.619. The van der Waals surface area contributed by atoms with E-state index in [1.165, 1.54) is 0 Å². The Balaban J connectivity index is 1.42. The highest BCUT2D eigenvalue weighted by Crippen LogP contribution is 2.15. The van der Waals surface area contributed by atoms with E-state index < -0.39 is 0 Å². The third kappa shape index (κ3) is 5.23. The van der Waals surface area contributed by atoms with Gasteiger partial charge in [-0.15, -0.1) is 0 Å². The Kier molecular flexibility index (Phi) is 7.28. The van der Waals surface area contributed by atoms with Crippen LogP contribution < -0.4 is 4.74 Å². The van der Waals surface area contributed by atoms with E-state index in [4.69, 9.17) is 9.47 Å². The number of carbonyl (C=O) groups is 2. The first-order valence-electron chi connectivity index (χ1n) is 10.1. The summed E-state index contributed by atoms with van der Waals surface area (Å²) >= 11 is 0. The van der Waals surface area contributed by atoms with Gasteiger partial charge in [0.05, 0.1) is 20.3 Å². The second kappa shape index (κ2) is 9.89. The summed E-state index contributed by atoms with van der Waals surface area (Å²) < 4.78 is 10.5. The first-order valence-corrected chi connectivity index (χ1v) is 10.1. The van der Waals surface area contributed by atoms with Gasteiger partial charge in [-0.3, -0.25) is 14.5 Å². The van der Waals surface area contributed by atoms with Crippen LogP contribution in [0.4, 0.5) is 0 Å². The maximum atomic E-state index is 12.6. The maximum absolute atomic E-state index is 12.6. The average molecular weight is 389 g/mol. The fourth-order valence-corrected chi connectivity index (χ4v) is 3.77. The number of methoxy groups -OCH3 is 1. The monoisotopic (exact) mass is 389 g/mol. The van der Waals surface area contributed by atoms with Gasteiger partial charge in [-0.25, -0.2) is 0 Å². The third-order valence-electron chi connectivity index (χ3n) is 5.70. The van der Waals surface area contributed by atoms with Gasteiger partial charge in [-0.1, -0.05) is 0 Å². The van der Waals surface area contributed by atoms with Crippen LogP contribution in [-0.4, -0.2) is 92.1 Å². The highest BCUT2D eigenvalue weighted by atomic mass is 16.5. The van der Waals surface area contributed by atoms with Crippen LogP contribution in [0.25, 0.3) is 0 Å². The molecule has 7 nitrogen and oxygen atoms in total. The summed E-state index contributed by atoms with van der Waals surface area (Å²) in [6.07, 6.45) is 1.43. The second-order valence-electron chi connectivity index (χ2n) is 7.44. The number of carbonyl (C=O) groups excluding carboxylic acids is 2. The van der Waals surface area contributed by atoms with Gasteiger partial charge in [-0.05, 0) is 37.6 Å². The molecule has 1 aromatic carbocycles. The predicted octanol–water partition coefficient (Wildman–Crippen LogP) is 1.48. The van der Waals surface area contributed by atoms with E-state index in [9.17, 15) is 9.59 Å². The number of benzene rings is 1. The van der Waals surface area contributed by atoms with E-state index in [-0.39, 0.29) is 11.8 Å². The van der Waals surface area contributed by atoms with Crippen molar-refractivity contribution in [2.24, 2.45) is 0 Å². The van der Waals surface area contributed by atoms with Gasteiger partial charge in [0.15, 0.2) is 0 Å². The van der Waals surface area contributed by atoms with Crippen LogP contribution in [0.5, 0.6) is 5.75 Å². The lowest BCUT2D eigenvalue weighted by molar-refractivity contribution is -0.133. The lowest BCUT2D eigenvalue weighted by atomic mass is 10.1. The highest BCUT2D eigenvalue weighted by molar-refractivity contribution is 5.94. The zero-order valence-electron chi connectivity index (χ0n) is 16.9. The summed E-state index contributed by atoms with van der Waals surface area (Å²) in [5.41, 5.74) is 0.653. The van der Waals surface area contributed by atoms with E-state index in [2.05, 4.69) is 11.8 Å². The summed E-state index contributed by atoms with van der Waals surface area (Å²) in [6, 6.07) is 7.55. The Morgan fingerprint density at radius 2 is 1.61 bits per heavy atom. The molecule has 0 unspecified atom stereocenters. The molecule has 154 valence electrons. The van der Waals surface area contributed by atoms with E-state index in [0.717, 1.165) is 38.5 Å². The number of rotatable bonds is 6. The van der Waals surface area contributed by atoms with Crippen molar-refractivity contribution >= 4 is 11.8 Å². The van der Waals surface area contributed by atoms with Gasteiger partial charge in [-0.2, -0.15) is 0 Å². The summed E-state index contributed by atoms with van der Waals surface area (Å²) in [4.78, 5) is 31.3. The average Bonchev–Trinajstić information content (AvgIpc) is 2.77. The largest absolute Gasteiger partial charge is 0.497 e. The Hall–Kier alpha value is -2.12. The molecule has 2 saturated heterocycles. The van der Waals surface area contributed by atoms with Crippen LogP contribution in [0.3, 0.4) is 0 Å². The molecule has 7 heteroatoms. The highest BCUT2D eigenvalue weighted by Gasteiger charge is 2.25. The van der Waals surface area contributed by atoms with E-state index in [1.807, 2.05) is 9.80 Å². The van der Waals surface area contributed by atoms with E-state index in [1.54, 1.807) is 31.4 Å². The molecule has 28 heavy (non-hydrogen) atoms. The number of hydrogen-bond donors (Lipinski definition) is 0. The van der Waals surface area contributed by atoms with Crippen molar-refractivity contribution in [2.45, 2.75) is 25.8 Å². The van der Waals surface area contributed by atoms with Crippen LogP contribution in [0.15, 0.2) is 24.3 Å². The zero-order chi connectivity index (χ0) is 19.9. The summed E-state index contributed by atoms with van der Waals surface area (Å²) in [6.45, 7) is 8.00. The number of morpholine rings is 1. The van der Waals surface area contributed by atoms with Crippen molar-refractivity contribution in [3.8, 4) is 5.75 Å². The van der Waals surface area contributed by atoms with E-state index >= 15 is 0 Å². The first-order chi connectivity index (χ1) is 13.6. The summed E-state index contributed by atoms with van der Waals surface area (Å²) in [5.74, 6) is 0.936. The molecule has 3 rings (SSSR count). The minimum atomic E-state index is 0.00990. The molecule has 2 aliphatic heterocycles. The van der Waals surface area contributed by atoms with Crippen LogP contribution in [-0.2, 0) is 9.53 Å². The van der Waals surface area contributed by atoms with Crippen molar-refractivity contribution < 1.29 is 19.1 Å². The molecule has 2 heterocycles. The summed E-state index contributed by atoms with van der Waals surface area (Å²) in [7, 11) is 1.61. The normalized spacial score (nSPS) is 19.4. The van der Waals surface area contributed by atoms with Crippen LogP contribution in [0, 0.1) is 0 Å². The predicted molar refractivity (Wildman–Crippen MR) is 107 cm³/mol. The molecule has 0 aromatic heterocycles. The van der Waals surface area contributed by atoms with Crippen LogP contribution in [0.2, 0.25) is 0 Å². The second-order valence-corrected chi connectivity index (χ2v) is 7.44. The molecule has 1 aromatic rings. The lowest BCUT2D eigenvalue weighted by Gasteiger charge is -2.36. The van der Waals surface area contributed by atoms with Gasteiger partial charge in [0.2, 0.25) is 5.91 Å². The first kappa shape index (κ1) is 20.6. The minimum absolute atomic E-state index is 0.00990. The summed E-state index contributed by atoms with van der Waals surface area (Å²) in [5, 5.41) is 0. The van der Waals surface area contributed by atoms with Gasteiger partial charge in [0, 0.05) is 57.3 Å². The van der Waals surface area contributed by atoms with Gasteiger partial charge < -0.3 is 19.3 Å². The third-order valence-corrected chi connectivity index (χ3v) is 5.70. The molecule has 2 fully saturated rings. The quantitative estimate of drug-likeness (QED) is 0.738. The number of piperazine rings is 1. The molecule has 0 bridgehead atoms. The van der Waals surface area contributed by atoms with Crippen molar-refractivity contribution in [2.75, 3.05) is 59.6 Å². The van der Waals surface area contributed by atoms with Gasteiger partial charge >= 0.3 is 0 Å². The van der Waals surface area contributed by atoms with Crippen molar-refractivity contribution in [3.05, 3.63) is 29.8 Å². The smallest absolute Gasteiger partial charge is 0.253 e. The standard InChI is InChI=1S/C21H31N3O4/c1-17(22-13-15-28-16-14-22)3-8-20(25)23-9-11-24(12-10-23)21(26)18-4-6-19(27-2)7-5-18/h4-7,17H,3,8-16H2,1-2H3/t17-/m1/s1. The van der Waals surface area contributed by atoms with Crippen molar-refractivity contribution in [3.63, 3.8) is 0 Å². The van der Waals surface area contributed by atoms with Crippen molar-refractivity contribution in [1.29, 1.82) is 0 Å². The molecule has 0 spiro atoms. The molecule has 0 radical (unpaired) electrons. The molecule has 1 atom stereocenters. The van der Waals surface area contributed by atoms with Crippen molar-refractivity contribution in [1.82, 2.24) is 14.7 Å². The molecule has 0 saturated carbocycles. The van der Waals surface area contributed by atoms with Crippen LogP contribution >= 0.6 is 0 Å². The Morgan fingerprint density at radius 1 is 1.00 bits per heavy atom. The maximum Gasteiger partial charge on any atom is 0.253 e. The molecule has 2 aliphatic rings. The number of nitrogens with zero attached hydrogens (tertiary/aromatic N) is 3. The number of amides is 2. The molecule has 0 N–H and O–H groups in total. The number of hydrogen-bond acceptors (Lipinski definition) is 5. The molecular weight excluding hydrogens is 358 g/mol. The minimum Gasteiger partial charge on any atom is -0.497 e. The fourth-order valence-electron chi connectivity index (χ4n) is 3.77. The van der Waals surface area contributed by atoms with E-state index in [0.29, 0.717) is 44.2 Å². The molecule has 2 amide bonds.